The highest BCUT2D eigenvalue weighted by Gasteiger charge is 2.12. The smallest absolute Gasteiger partial charge is 0.200 e. The van der Waals surface area contributed by atoms with Crippen molar-refractivity contribution in [3.05, 3.63) is 64.3 Å². The van der Waals surface area contributed by atoms with Crippen LogP contribution in [0.15, 0.2) is 40.8 Å². The Morgan fingerprint density at radius 1 is 1.27 bits per heavy atom. The van der Waals surface area contributed by atoms with Crippen LogP contribution in [0.4, 0.5) is 4.39 Å². The summed E-state index contributed by atoms with van der Waals surface area (Å²) in [6.07, 6.45) is 0.242. The Morgan fingerprint density at radius 2 is 2.09 bits per heavy atom. The highest BCUT2D eigenvalue weighted by atomic mass is 35.5. The molecule has 0 aliphatic carbocycles. The van der Waals surface area contributed by atoms with E-state index in [1.165, 1.54) is 6.07 Å². The summed E-state index contributed by atoms with van der Waals surface area (Å²) in [6.45, 7) is -0.260. The van der Waals surface area contributed by atoms with Gasteiger partial charge in [-0.1, -0.05) is 41.6 Å². The normalized spacial score (nSPS) is 10.5. The summed E-state index contributed by atoms with van der Waals surface area (Å²) >= 11 is 6.03. The number of benzene rings is 2. The molecule has 1 N–H and O–H groups in total. The fraction of sp³-hybridized carbons (Fsp3) is 0.118. The number of halogens is 2. The predicted octanol–water partition coefficient (Wildman–Crippen LogP) is 3.55. The van der Waals surface area contributed by atoms with Crippen LogP contribution in [0.3, 0.4) is 0 Å². The fourth-order valence-corrected chi connectivity index (χ4v) is 2.36. The minimum atomic E-state index is -0.303. The number of nitrogens with zero attached hydrogens (tertiary/aromatic N) is 1. The molecule has 22 heavy (non-hydrogen) atoms. The minimum absolute atomic E-state index is 0.242. The molecule has 5 heteroatoms. The number of fused-ring (bicyclic) bond motifs is 1. The van der Waals surface area contributed by atoms with Gasteiger partial charge in [0.1, 0.15) is 17.9 Å². The zero-order valence-electron chi connectivity index (χ0n) is 11.4. The van der Waals surface area contributed by atoms with E-state index in [9.17, 15) is 4.39 Å². The van der Waals surface area contributed by atoms with Crippen LogP contribution >= 0.6 is 11.6 Å². The van der Waals surface area contributed by atoms with Gasteiger partial charge in [0.25, 0.3) is 0 Å². The van der Waals surface area contributed by atoms with Gasteiger partial charge in [-0.25, -0.2) is 9.37 Å². The molecule has 2 aromatic carbocycles. The van der Waals surface area contributed by atoms with Crippen LogP contribution in [0.2, 0.25) is 5.02 Å². The maximum atomic E-state index is 13.7. The Kier molecular flexibility index (Phi) is 4.10. The van der Waals surface area contributed by atoms with Crippen LogP contribution in [-0.4, -0.2) is 16.7 Å². The van der Waals surface area contributed by atoms with Crippen LogP contribution in [0.25, 0.3) is 11.1 Å². The maximum absolute atomic E-state index is 13.7. The molecule has 0 spiro atoms. The van der Waals surface area contributed by atoms with Gasteiger partial charge < -0.3 is 9.52 Å². The van der Waals surface area contributed by atoms with Crippen molar-refractivity contribution >= 4 is 22.7 Å². The molecule has 0 aliphatic heterocycles. The second kappa shape index (κ2) is 6.18. The van der Waals surface area contributed by atoms with Gasteiger partial charge in [0.2, 0.25) is 0 Å². The third-order valence-electron chi connectivity index (χ3n) is 3.10. The van der Waals surface area contributed by atoms with Crippen LogP contribution in [-0.2, 0) is 6.42 Å². The first-order chi connectivity index (χ1) is 10.7. The molecule has 0 amide bonds. The zero-order chi connectivity index (χ0) is 15.5. The molecule has 0 saturated carbocycles. The molecule has 1 heterocycles. The maximum Gasteiger partial charge on any atom is 0.200 e. The van der Waals surface area contributed by atoms with E-state index in [0.717, 1.165) is 0 Å². The SMILES string of the molecule is OCC#Cc1cc(Cl)cc2nc(Cc3ccccc3F)oc12. The first-order valence-corrected chi connectivity index (χ1v) is 6.97. The molecule has 0 unspecified atom stereocenters. The third-order valence-corrected chi connectivity index (χ3v) is 3.32. The van der Waals surface area contributed by atoms with Gasteiger partial charge in [0, 0.05) is 5.02 Å². The summed E-state index contributed by atoms with van der Waals surface area (Å²) < 4.78 is 19.4. The monoisotopic (exact) mass is 315 g/mol. The van der Waals surface area contributed by atoms with E-state index < -0.39 is 0 Å². The fourth-order valence-electron chi connectivity index (χ4n) is 2.15. The summed E-state index contributed by atoms with van der Waals surface area (Å²) in [6, 6.07) is 9.78. The standard InChI is InChI=1S/C17H11ClFNO2/c18-13-8-12(5-3-7-21)17-15(10-13)20-16(22-17)9-11-4-1-2-6-14(11)19/h1-2,4,6,8,10,21H,7,9H2. The number of hydrogen-bond donors (Lipinski definition) is 1. The van der Waals surface area contributed by atoms with Crippen LogP contribution in [0.1, 0.15) is 17.0 Å². The van der Waals surface area contributed by atoms with E-state index in [0.29, 0.717) is 33.1 Å². The number of aliphatic hydroxyl groups is 1. The zero-order valence-corrected chi connectivity index (χ0v) is 12.2. The molecule has 0 aliphatic rings. The molecule has 0 atom stereocenters. The van der Waals surface area contributed by atoms with Gasteiger partial charge in [0.05, 0.1) is 12.0 Å². The Balaban J connectivity index is 2.04. The quantitative estimate of drug-likeness (QED) is 0.736. The van der Waals surface area contributed by atoms with E-state index in [1.807, 2.05) is 0 Å². The summed E-state index contributed by atoms with van der Waals surface area (Å²) in [5, 5.41) is 9.28. The van der Waals surface area contributed by atoms with Crippen molar-refractivity contribution in [2.24, 2.45) is 0 Å². The highest BCUT2D eigenvalue weighted by molar-refractivity contribution is 6.31. The van der Waals surface area contributed by atoms with Crippen molar-refractivity contribution in [1.29, 1.82) is 0 Å². The van der Waals surface area contributed by atoms with E-state index in [2.05, 4.69) is 16.8 Å². The second-order valence-electron chi connectivity index (χ2n) is 4.64. The average Bonchev–Trinajstić information content (AvgIpc) is 2.89. The van der Waals surface area contributed by atoms with E-state index >= 15 is 0 Å². The molecule has 0 bridgehead atoms. The molecule has 3 aromatic rings. The minimum Gasteiger partial charge on any atom is -0.439 e. The Morgan fingerprint density at radius 3 is 2.86 bits per heavy atom. The summed E-state index contributed by atoms with van der Waals surface area (Å²) in [5.74, 6) is 5.41. The van der Waals surface area contributed by atoms with Crippen LogP contribution < -0.4 is 0 Å². The van der Waals surface area contributed by atoms with Crippen molar-refractivity contribution in [3.63, 3.8) is 0 Å². The number of aromatic nitrogens is 1. The number of oxazole rings is 1. The van der Waals surface area contributed by atoms with Gasteiger partial charge in [0.15, 0.2) is 11.5 Å². The van der Waals surface area contributed by atoms with Gasteiger partial charge in [-0.05, 0) is 23.8 Å². The van der Waals surface area contributed by atoms with Gasteiger partial charge in [-0.15, -0.1) is 0 Å². The molecule has 0 radical (unpaired) electrons. The Labute approximate surface area is 131 Å². The molecule has 0 saturated heterocycles. The van der Waals surface area contributed by atoms with E-state index in [-0.39, 0.29) is 18.8 Å². The second-order valence-corrected chi connectivity index (χ2v) is 5.07. The van der Waals surface area contributed by atoms with Gasteiger partial charge >= 0.3 is 0 Å². The Hall–Kier alpha value is -2.35. The summed E-state index contributed by atoms with van der Waals surface area (Å²) in [7, 11) is 0. The summed E-state index contributed by atoms with van der Waals surface area (Å²) in [5.41, 5.74) is 2.09. The lowest BCUT2D eigenvalue weighted by atomic mass is 10.1. The van der Waals surface area contributed by atoms with Crippen molar-refractivity contribution in [2.45, 2.75) is 6.42 Å². The molecule has 1 aromatic heterocycles. The van der Waals surface area contributed by atoms with Gasteiger partial charge in [-0.2, -0.15) is 0 Å². The molecular weight excluding hydrogens is 305 g/mol. The van der Waals surface area contributed by atoms with E-state index in [1.54, 1.807) is 30.3 Å². The lowest BCUT2D eigenvalue weighted by Gasteiger charge is -1.98. The van der Waals surface area contributed by atoms with Crippen LogP contribution in [0, 0.1) is 17.7 Å². The summed E-state index contributed by atoms with van der Waals surface area (Å²) in [4.78, 5) is 4.33. The lowest BCUT2D eigenvalue weighted by molar-refractivity contribution is 0.350. The third kappa shape index (κ3) is 2.96. The molecule has 3 nitrogen and oxygen atoms in total. The van der Waals surface area contributed by atoms with Crippen molar-refractivity contribution < 1.29 is 13.9 Å². The topological polar surface area (TPSA) is 46.3 Å². The van der Waals surface area contributed by atoms with E-state index in [4.69, 9.17) is 21.1 Å². The predicted molar refractivity (Wildman–Crippen MR) is 82.2 cm³/mol. The van der Waals surface area contributed by atoms with Crippen LogP contribution in [0.5, 0.6) is 0 Å². The molecule has 0 fully saturated rings. The molecule has 3 rings (SSSR count). The largest absolute Gasteiger partial charge is 0.439 e. The first-order valence-electron chi connectivity index (χ1n) is 6.59. The van der Waals surface area contributed by atoms with Crippen molar-refractivity contribution in [3.8, 4) is 11.8 Å². The average molecular weight is 316 g/mol. The molecule has 110 valence electrons. The number of aliphatic hydroxyl groups excluding tert-OH is 1. The number of rotatable bonds is 2. The van der Waals surface area contributed by atoms with Gasteiger partial charge in [-0.3, -0.25) is 0 Å². The molecular formula is C17H11ClFNO2. The first kappa shape index (κ1) is 14.6. The number of hydrogen-bond acceptors (Lipinski definition) is 3. The van der Waals surface area contributed by atoms with Crippen molar-refractivity contribution in [1.82, 2.24) is 4.98 Å². The Bertz CT molecular complexity index is 893. The van der Waals surface area contributed by atoms with Crippen molar-refractivity contribution in [2.75, 3.05) is 6.61 Å². The lowest BCUT2D eigenvalue weighted by Crippen LogP contribution is -1.91. The highest BCUT2D eigenvalue weighted by Crippen LogP contribution is 2.25.